The number of carbonyl (C=O) groups is 1. The second-order valence-corrected chi connectivity index (χ2v) is 10.4. The molecule has 3 aromatic carbocycles. The Morgan fingerprint density at radius 3 is 1.52 bits per heavy atom. The van der Waals surface area contributed by atoms with Gasteiger partial charge in [0.1, 0.15) is 0 Å². The normalized spacial score (nSPS) is 12.0. The summed E-state index contributed by atoms with van der Waals surface area (Å²) in [5, 5.41) is 4.12. The quantitative estimate of drug-likeness (QED) is 0.356. The summed E-state index contributed by atoms with van der Waals surface area (Å²) in [5.74, 6) is -0.252. The fourth-order valence-corrected chi connectivity index (χ4v) is 8.03. The van der Waals surface area contributed by atoms with Gasteiger partial charge in [-0.25, -0.2) is 0 Å². The van der Waals surface area contributed by atoms with Gasteiger partial charge in [-0.3, -0.25) is 0 Å². The Balaban J connectivity index is 2.10. The van der Waals surface area contributed by atoms with E-state index in [1.54, 1.807) is 0 Å². The maximum atomic E-state index is 11.0. The van der Waals surface area contributed by atoms with Crippen LogP contribution >= 0.6 is 7.26 Å². The fourth-order valence-electron chi connectivity index (χ4n) is 3.52. The average Bonchev–Trinajstić information content (AvgIpc) is 2.73. The molecule has 3 rings (SSSR count). The van der Waals surface area contributed by atoms with Gasteiger partial charge >= 0.3 is 162 Å². The number of ether oxygens (including phenoxy) is 1. The maximum absolute atomic E-state index is 11.0. The minimum absolute atomic E-state index is 0.252. The number of esters is 1. The molecule has 0 amide bonds. The SMILES string of the molecule is CC(=O)OC/C=C/C[PH](c1ccccc1)(c1ccccc1)c1ccccc1. The van der Waals surface area contributed by atoms with E-state index in [0.717, 1.165) is 6.16 Å². The molecule has 0 saturated carbocycles. The van der Waals surface area contributed by atoms with Gasteiger partial charge in [-0.1, -0.05) is 0 Å². The van der Waals surface area contributed by atoms with Crippen molar-refractivity contribution in [1.29, 1.82) is 0 Å². The van der Waals surface area contributed by atoms with Gasteiger partial charge in [0.05, 0.1) is 0 Å². The molecule has 0 spiro atoms. The Kier molecular flexibility index (Phi) is 6.57. The Bertz CT molecular complexity index is 777. The van der Waals surface area contributed by atoms with Crippen LogP contribution in [0.4, 0.5) is 0 Å². The number of rotatable bonds is 7. The van der Waals surface area contributed by atoms with E-state index in [-0.39, 0.29) is 5.97 Å². The summed E-state index contributed by atoms with van der Waals surface area (Å²) < 4.78 is 5.06. The van der Waals surface area contributed by atoms with Crippen molar-refractivity contribution in [2.24, 2.45) is 0 Å². The van der Waals surface area contributed by atoms with Gasteiger partial charge in [0.15, 0.2) is 0 Å². The number of benzene rings is 3. The molecule has 0 heterocycles. The molecule has 3 aromatic rings. The molecule has 2 nitrogen and oxygen atoms in total. The van der Waals surface area contributed by atoms with E-state index in [4.69, 9.17) is 4.74 Å². The Hall–Kier alpha value is -2.70. The van der Waals surface area contributed by atoms with Crippen LogP contribution in [0.5, 0.6) is 0 Å². The van der Waals surface area contributed by atoms with Gasteiger partial charge in [-0.2, -0.15) is 0 Å². The fraction of sp³-hybridized carbons (Fsp3) is 0.125. The first kappa shape index (κ1) is 19.1. The number of hydrogen-bond donors (Lipinski definition) is 0. The van der Waals surface area contributed by atoms with E-state index in [1.807, 2.05) is 6.08 Å². The molecule has 138 valence electrons. The van der Waals surface area contributed by atoms with Gasteiger partial charge in [-0.15, -0.1) is 0 Å². The van der Waals surface area contributed by atoms with Gasteiger partial charge in [0, 0.05) is 0 Å². The summed E-state index contributed by atoms with van der Waals surface area (Å²) >= 11 is 0. The predicted molar refractivity (Wildman–Crippen MR) is 117 cm³/mol. The first-order valence-corrected chi connectivity index (χ1v) is 11.4. The van der Waals surface area contributed by atoms with Gasteiger partial charge < -0.3 is 0 Å². The molecule has 0 atom stereocenters. The van der Waals surface area contributed by atoms with E-state index >= 15 is 0 Å². The molecule has 0 aliphatic carbocycles. The molecule has 0 unspecified atom stereocenters. The van der Waals surface area contributed by atoms with Gasteiger partial charge in [0.2, 0.25) is 0 Å². The predicted octanol–water partition coefficient (Wildman–Crippen LogP) is 3.83. The van der Waals surface area contributed by atoms with Crippen LogP contribution in [0.25, 0.3) is 0 Å². The molecular formula is C24H25O2P. The van der Waals surface area contributed by atoms with E-state index in [1.165, 1.54) is 22.8 Å². The molecule has 0 bridgehead atoms. The van der Waals surface area contributed by atoms with Crippen LogP contribution in [0.3, 0.4) is 0 Å². The Morgan fingerprint density at radius 1 is 0.741 bits per heavy atom. The molecule has 0 fully saturated rings. The van der Waals surface area contributed by atoms with Crippen molar-refractivity contribution in [3.63, 3.8) is 0 Å². The van der Waals surface area contributed by atoms with Crippen molar-refractivity contribution < 1.29 is 9.53 Å². The van der Waals surface area contributed by atoms with Crippen LogP contribution in [0.1, 0.15) is 6.92 Å². The Morgan fingerprint density at radius 2 is 1.15 bits per heavy atom. The van der Waals surface area contributed by atoms with Crippen LogP contribution in [-0.2, 0) is 9.53 Å². The van der Waals surface area contributed by atoms with Crippen LogP contribution in [0.2, 0.25) is 0 Å². The second-order valence-electron chi connectivity index (χ2n) is 6.48. The summed E-state index contributed by atoms with van der Waals surface area (Å²) in [4.78, 5) is 11.0. The number of carbonyl (C=O) groups excluding carboxylic acids is 1. The molecule has 0 aliphatic heterocycles. The summed E-state index contributed by atoms with van der Waals surface area (Å²) in [6.45, 7) is 1.75. The first-order valence-electron chi connectivity index (χ1n) is 9.18. The standard InChI is InChI=1S/C24H25O2P/c1-21(25)26-19-11-12-20-27(22-13-5-2-6-14-22,23-15-7-3-8-16-23)24-17-9-4-10-18-24/h2-18,27H,19-20H2,1H3/b12-11+. The van der Waals surface area contributed by atoms with Crippen molar-refractivity contribution >= 4 is 29.1 Å². The van der Waals surface area contributed by atoms with E-state index in [2.05, 4.69) is 97.1 Å². The number of allylic oxidation sites excluding steroid dienone is 1. The molecular weight excluding hydrogens is 351 g/mol. The first-order chi connectivity index (χ1) is 13.2. The molecule has 0 aromatic heterocycles. The molecule has 0 saturated heterocycles. The zero-order valence-electron chi connectivity index (χ0n) is 15.5. The van der Waals surface area contributed by atoms with Crippen LogP contribution in [0, 0.1) is 0 Å². The van der Waals surface area contributed by atoms with E-state index in [9.17, 15) is 4.79 Å². The average molecular weight is 376 g/mol. The van der Waals surface area contributed by atoms with Crippen LogP contribution < -0.4 is 15.9 Å². The van der Waals surface area contributed by atoms with Crippen molar-refractivity contribution in [3.8, 4) is 0 Å². The molecule has 0 N–H and O–H groups in total. The van der Waals surface area contributed by atoms with E-state index in [0.29, 0.717) is 6.61 Å². The topological polar surface area (TPSA) is 26.3 Å². The van der Waals surface area contributed by atoms with Crippen molar-refractivity contribution in [2.75, 3.05) is 12.8 Å². The monoisotopic (exact) mass is 376 g/mol. The number of hydrogen-bond acceptors (Lipinski definition) is 2. The zero-order chi connectivity index (χ0) is 19.0. The molecule has 0 radical (unpaired) electrons. The van der Waals surface area contributed by atoms with Crippen molar-refractivity contribution in [2.45, 2.75) is 6.92 Å². The summed E-state index contributed by atoms with van der Waals surface area (Å²) in [6, 6.07) is 32.3. The minimum atomic E-state index is -2.23. The summed E-state index contributed by atoms with van der Waals surface area (Å²) in [7, 11) is -2.23. The third-order valence-electron chi connectivity index (χ3n) is 4.77. The third-order valence-corrected chi connectivity index (χ3v) is 9.58. The van der Waals surface area contributed by atoms with Crippen LogP contribution in [-0.4, -0.2) is 18.7 Å². The zero-order valence-corrected chi connectivity index (χ0v) is 16.5. The molecule has 3 heteroatoms. The van der Waals surface area contributed by atoms with Crippen molar-refractivity contribution in [3.05, 3.63) is 103 Å². The Labute approximate surface area is 161 Å². The van der Waals surface area contributed by atoms with Gasteiger partial charge in [0.25, 0.3) is 0 Å². The third kappa shape index (κ3) is 4.53. The molecule has 0 aliphatic rings. The summed E-state index contributed by atoms with van der Waals surface area (Å²) in [5.41, 5.74) is 0. The van der Waals surface area contributed by atoms with Crippen LogP contribution in [0.15, 0.2) is 103 Å². The van der Waals surface area contributed by atoms with Crippen molar-refractivity contribution in [1.82, 2.24) is 0 Å². The van der Waals surface area contributed by atoms with Gasteiger partial charge in [-0.05, 0) is 0 Å². The summed E-state index contributed by atoms with van der Waals surface area (Å²) in [6.07, 6.45) is 5.03. The second kappa shape index (κ2) is 9.30. The molecule has 27 heavy (non-hydrogen) atoms. The van der Waals surface area contributed by atoms with E-state index < -0.39 is 7.26 Å².